The van der Waals surface area contributed by atoms with E-state index in [1.54, 1.807) is 0 Å². The zero-order chi connectivity index (χ0) is 27.8. The van der Waals surface area contributed by atoms with E-state index >= 15 is 0 Å². The van der Waals surface area contributed by atoms with Gasteiger partial charge in [-0.1, -0.05) is 56.0 Å². The lowest BCUT2D eigenvalue weighted by Gasteiger charge is -2.36. The van der Waals surface area contributed by atoms with E-state index in [1.165, 1.54) is 5.56 Å². The van der Waals surface area contributed by atoms with Crippen molar-refractivity contribution in [1.82, 2.24) is 16.0 Å². The summed E-state index contributed by atoms with van der Waals surface area (Å²) < 4.78 is 0. The van der Waals surface area contributed by atoms with Gasteiger partial charge in [-0.2, -0.15) is 0 Å². The molecule has 0 bridgehead atoms. The monoisotopic (exact) mass is 531 g/mol. The molecule has 210 valence electrons. The highest BCUT2D eigenvalue weighted by molar-refractivity contribution is 5.91. The molecule has 38 heavy (non-hydrogen) atoms. The van der Waals surface area contributed by atoms with Crippen molar-refractivity contribution in [2.75, 3.05) is 6.54 Å². The summed E-state index contributed by atoms with van der Waals surface area (Å²) in [5.41, 5.74) is 0.389. The summed E-state index contributed by atoms with van der Waals surface area (Å²) in [4.78, 5) is 59.5. The smallest absolute Gasteiger partial charge is 0.326 e. The van der Waals surface area contributed by atoms with E-state index in [4.69, 9.17) is 10.2 Å². The van der Waals surface area contributed by atoms with Crippen LogP contribution in [0.2, 0.25) is 0 Å². The molecule has 0 aliphatic heterocycles. The number of hydrogen-bond donors (Lipinski definition) is 5. The Morgan fingerprint density at radius 1 is 0.816 bits per heavy atom. The van der Waals surface area contributed by atoms with Gasteiger partial charge in [-0.05, 0) is 50.5 Å². The zero-order valence-electron chi connectivity index (χ0n) is 22.0. The maximum Gasteiger partial charge on any atom is 0.326 e. The van der Waals surface area contributed by atoms with Gasteiger partial charge >= 0.3 is 11.9 Å². The third-order valence-corrected chi connectivity index (χ3v) is 6.86. The number of carboxylic acids is 2. The van der Waals surface area contributed by atoms with Crippen LogP contribution >= 0.6 is 0 Å². The first kappa shape index (κ1) is 30.8. The van der Waals surface area contributed by atoms with Gasteiger partial charge in [0.05, 0.1) is 6.42 Å². The third kappa shape index (κ3) is 11.3. The highest BCUT2D eigenvalue weighted by atomic mass is 16.4. The largest absolute Gasteiger partial charge is 0.481 e. The molecule has 10 nitrogen and oxygen atoms in total. The van der Waals surface area contributed by atoms with Crippen molar-refractivity contribution in [2.24, 2.45) is 0 Å². The molecule has 0 spiro atoms. The lowest BCUT2D eigenvalue weighted by molar-refractivity contribution is -0.147. The summed E-state index contributed by atoms with van der Waals surface area (Å²) in [5.74, 6) is -3.57. The van der Waals surface area contributed by atoms with E-state index in [2.05, 4.69) is 28.1 Å². The Bertz CT molecular complexity index is 930. The highest BCUT2D eigenvalue weighted by Crippen LogP contribution is 2.29. The molecule has 1 saturated carbocycles. The standard InChI is InChI=1S/C28H41N3O7/c32-23(30-22(26(36)37)20-25(34)35)15-8-11-19-29-27(38)28(17-9-3-10-18-28)31-24(33)16-7-2-6-14-21-12-4-1-5-13-21/h1,4-5,12-13,22H,2-3,6-11,14-20H2,(H,29,38)(H,30,32)(H,31,33)(H,34,35)(H,36,37)/t22-/m0/s1. The van der Waals surface area contributed by atoms with Crippen LogP contribution in [0.3, 0.4) is 0 Å². The molecule has 1 aromatic carbocycles. The number of aryl methyl sites for hydroxylation is 1. The van der Waals surface area contributed by atoms with Gasteiger partial charge in [0.1, 0.15) is 11.6 Å². The van der Waals surface area contributed by atoms with Crippen molar-refractivity contribution in [3.05, 3.63) is 35.9 Å². The molecule has 2 rings (SSSR count). The van der Waals surface area contributed by atoms with Crippen LogP contribution in [-0.4, -0.2) is 58.0 Å². The third-order valence-electron chi connectivity index (χ3n) is 6.86. The summed E-state index contributed by atoms with van der Waals surface area (Å²) in [6.07, 6.45) is 8.26. The SMILES string of the molecule is O=C(O)C[C@H](NC(=O)CCCCNC(=O)C1(NC(=O)CCCCCc2ccccc2)CCCCC1)C(=O)O. The minimum atomic E-state index is -1.47. The lowest BCUT2D eigenvalue weighted by Crippen LogP contribution is -2.59. The summed E-state index contributed by atoms with van der Waals surface area (Å²) >= 11 is 0. The summed E-state index contributed by atoms with van der Waals surface area (Å²) in [7, 11) is 0. The molecule has 0 aromatic heterocycles. The fourth-order valence-corrected chi connectivity index (χ4v) is 4.75. The number of aliphatic carboxylic acids is 2. The fourth-order valence-electron chi connectivity index (χ4n) is 4.75. The molecule has 5 N–H and O–H groups in total. The molecule has 10 heteroatoms. The van der Waals surface area contributed by atoms with E-state index < -0.39 is 35.8 Å². The Labute approximate surface area is 223 Å². The van der Waals surface area contributed by atoms with Gasteiger partial charge in [0.15, 0.2) is 0 Å². The molecule has 1 aliphatic rings. The number of benzene rings is 1. The van der Waals surface area contributed by atoms with Crippen molar-refractivity contribution < 1.29 is 34.2 Å². The van der Waals surface area contributed by atoms with Crippen LogP contribution in [0.25, 0.3) is 0 Å². The summed E-state index contributed by atoms with van der Waals surface area (Å²) in [6, 6.07) is 8.77. The quantitative estimate of drug-likeness (QED) is 0.193. The van der Waals surface area contributed by atoms with E-state index in [9.17, 15) is 24.0 Å². The van der Waals surface area contributed by atoms with Crippen LogP contribution in [0.15, 0.2) is 30.3 Å². The number of carbonyl (C=O) groups excluding carboxylic acids is 3. The van der Waals surface area contributed by atoms with Gasteiger partial charge in [0, 0.05) is 19.4 Å². The van der Waals surface area contributed by atoms with E-state index in [0.717, 1.165) is 44.9 Å². The normalized spacial score (nSPS) is 15.2. The van der Waals surface area contributed by atoms with Crippen molar-refractivity contribution >= 4 is 29.7 Å². The molecule has 3 amide bonds. The average molecular weight is 532 g/mol. The second-order valence-electron chi connectivity index (χ2n) is 10.0. The Hall–Kier alpha value is -3.43. The Kier molecular flexibility index (Phi) is 13.3. The van der Waals surface area contributed by atoms with Gasteiger partial charge in [0.25, 0.3) is 0 Å². The molecule has 0 radical (unpaired) electrons. The molecule has 0 saturated heterocycles. The molecular formula is C28H41N3O7. The molecule has 0 heterocycles. The second-order valence-corrected chi connectivity index (χ2v) is 10.0. The Balaban J connectivity index is 1.70. The number of carboxylic acid groups (broad SMARTS) is 2. The molecule has 1 aliphatic carbocycles. The molecule has 1 atom stereocenters. The molecule has 0 unspecified atom stereocenters. The minimum absolute atomic E-state index is 0.0193. The topological polar surface area (TPSA) is 162 Å². The van der Waals surface area contributed by atoms with Gasteiger partial charge in [-0.15, -0.1) is 0 Å². The van der Waals surface area contributed by atoms with Crippen LogP contribution in [0.5, 0.6) is 0 Å². The number of amides is 3. The summed E-state index contributed by atoms with van der Waals surface area (Å²) in [5, 5.41) is 25.9. The lowest BCUT2D eigenvalue weighted by atomic mass is 9.80. The zero-order valence-corrected chi connectivity index (χ0v) is 22.0. The maximum atomic E-state index is 13.1. The van der Waals surface area contributed by atoms with E-state index in [-0.39, 0.29) is 18.2 Å². The van der Waals surface area contributed by atoms with Crippen molar-refractivity contribution in [2.45, 2.75) is 101 Å². The van der Waals surface area contributed by atoms with Crippen molar-refractivity contribution in [1.29, 1.82) is 0 Å². The number of rotatable bonds is 17. The summed E-state index contributed by atoms with van der Waals surface area (Å²) in [6.45, 7) is 0.320. The highest BCUT2D eigenvalue weighted by Gasteiger charge is 2.40. The average Bonchev–Trinajstić information content (AvgIpc) is 2.88. The molecule has 1 fully saturated rings. The maximum absolute atomic E-state index is 13.1. The van der Waals surface area contributed by atoms with Crippen LogP contribution in [0.4, 0.5) is 0 Å². The number of nitrogens with one attached hydrogen (secondary N) is 3. The van der Waals surface area contributed by atoms with Crippen molar-refractivity contribution in [3.63, 3.8) is 0 Å². The van der Waals surface area contributed by atoms with Crippen LogP contribution < -0.4 is 16.0 Å². The second kappa shape index (κ2) is 16.4. The van der Waals surface area contributed by atoms with E-state index in [1.807, 2.05) is 18.2 Å². The van der Waals surface area contributed by atoms with Crippen LogP contribution in [0.1, 0.15) is 89.0 Å². The van der Waals surface area contributed by atoms with Gasteiger partial charge < -0.3 is 26.2 Å². The van der Waals surface area contributed by atoms with Gasteiger partial charge in [-0.25, -0.2) is 4.79 Å². The van der Waals surface area contributed by atoms with E-state index in [0.29, 0.717) is 38.6 Å². The Morgan fingerprint density at radius 2 is 1.47 bits per heavy atom. The number of hydrogen-bond acceptors (Lipinski definition) is 5. The first-order valence-corrected chi connectivity index (χ1v) is 13.6. The van der Waals surface area contributed by atoms with Gasteiger partial charge in [-0.3, -0.25) is 19.2 Å². The van der Waals surface area contributed by atoms with Crippen molar-refractivity contribution in [3.8, 4) is 0 Å². The number of carbonyl (C=O) groups is 5. The van der Waals surface area contributed by atoms with Crippen LogP contribution in [-0.2, 0) is 30.4 Å². The minimum Gasteiger partial charge on any atom is -0.481 e. The molecular weight excluding hydrogens is 490 g/mol. The first-order chi connectivity index (χ1) is 18.2. The number of unbranched alkanes of at least 4 members (excludes halogenated alkanes) is 3. The van der Waals surface area contributed by atoms with Crippen LogP contribution in [0, 0.1) is 0 Å². The fraction of sp³-hybridized carbons (Fsp3) is 0.607. The Morgan fingerprint density at radius 3 is 2.13 bits per heavy atom. The predicted molar refractivity (Wildman–Crippen MR) is 141 cm³/mol. The first-order valence-electron chi connectivity index (χ1n) is 13.6. The van der Waals surface area contributed by atoms with Gasteiger partial charge in [0.2, 0.25) is 17.7 Å². The molecule has 1 aromatic rings. The predicted octanol–water partition coefficient (Wildman–Crippen LogP) is 2.94.